The lowest BCUT2D eigenvalue weighted by Gasteiger charge is -2.50. The average molecular weight is 316 g/mol. The van der Waals surface area contributed by atoms with Gasteiger partial charge in [-0.2, -0.15) is 0 Å². The van der Waals surface area contributed by atoms with Crippen molar-refractivity contribution in [2.24, 2.45) is 5.92 Å². The van der Waals surface area contributed by atoms with Crippen LogP contribution in [0.1, 0.15) is 45.4 Å². The second-order valence-electron chi connectivity index (χ2n) is 7.16. The Morgan fingerprint density at radius 1 is 1.35 bits per heavy atom. The third-order valence-corrected chi connectivity index (χ3v) is 5.59. The van der Waals surface area contributed by atoms with Crippen molar-refractivity contribution in [1.82, 2.24) is 4.90 Å². The maximum atomic E-state index is 12.8. The summed E-state index contributed by atoms with van der Waals surface area (Å²) in [4.78, 5) is 15.1. The number of nitrogens with one attached hydrogen (secondary N) is 1. The molecule has 4 heteroatoms. The van der Waals surface area contributed by atoms with Crippen molar-refractivity contribution in [3.8, 4) is 5.75 Å². The number of carbonyl (C=O) groups is 1. The molecule has 23 heavy (non-hydrogen) atoms. The molecule has 3 rings (SSSR count). The Bertz CT molecular complexity index is 554. The zero-order chi connectivity index (χ0) is 16.3. The summed E-state index contributed by atoms with van der Waals surface area (Å²) in [5.74, 6) is 1.64. The topological polar surface area (TPSA) is 41.6 Å². The summed E-state index contributed by atoms with van der Waals surface area (Å²) in [5, 5.41) is 3.07. The molecular formula is C19H28N2O2. The van der Waals surface area contributed by atoms with Crippen LogP contribution in [0.25, 0.3) is 0 Å². The Labute approximate surface area is 139 Å². The van der Waals surface area contributed by atoms with Gasteiger partial charge in [0, 0.05) is 24.8 Å². The van der Waals surface area contributed by atoms with E-state index < -0.39 is 0 Å². The van der Waals surface area contributed by atoms with Crippen molar-refractivity contribution in [3.05, 3.63) is 24.3 Å². The molecule has 1 aliphatic heterocycles. The van der Waals surface area contributed by atoms with E-state index in [-0.39, 0.29) is 11.4 Å². The quantitative estimate of drug-likeness (QED) is 0.901. The molecule has 4 nitrogen and oxygen atoms in total. The van der Waals surface area contributed by atoms with Crippen LogP contribution in [-0.2, 0) is 4.79 Å². The van der Waals surface area contributed by atoms with Crippen molar-refractivity contribution < 1.29 is 9.53 Å². The number of carbonyl (C=O) groups excluding carboxylic acids is 1. The van der Waals surface area contributed by atoms with E-state index in [0.717, 1.165) is 36.9 Å². The van der Waals surface area contributed by atoms with Crippen molar-refractivity contribution in [2.75, 3.05) is 25.5 Å². The highest BCUT2D eigenvalue weighted by molar-refractivity contribution is 5.98. The molecule has 126 valence electrons. The fraction of sp³-hybridized carbons (Fsp3) is 0.632. The van der Waals surface area contributed by atoms with Gasteiger partial charge in [0.15, 0.2) is 0 Å². The predicted octanol–water partition coefficient (Wildman–Crippen LogP) is 3.68. The van der Waals surface area contributed by atoms with E-state index in [1.165, 1.54) is 32.1 Å². The van der Waals surface area contributed by atoms with Crippen LogP contribution in [0.3, 0.4) is 0 Å². The second-order valence-corrected chi connectivity index (χ2v) is 7.16. The van der Waals surface area contributed by atoms with Crippen LogP contribution in [0.15, 0.2) is 24.3 Å². The molecule has 1 amide bonds. The second kappa shape index (κ2) is 6.91. The normalized spacial score (nSPS) is 25.7. The number of anilines is 1. The SMILES string of the molecule is COc1cccc(NC(=O)C2(C)CCN2CC2CCCCC2)c1. The highest BCUT2D eigenvalue weighted by Crippen LogP contribution is 2.35. The highest BCUT2D eigenvalue weighted by atomic mass is 16.5. The standard InChI is InChI=1S/C19H28N2O2/c1-19(11-12-21(19)14-15-7-4-3-5-8-15)18(22)20-16-9-6-10-17(13-16)23-2/h6,9-10,13,15H,3-5,7-8,11-12,14H2,1-2H3,(H,20,22). The van der Waals surface area contributed by atoms with Crippen LogP contribution in [0.5, 0.6) is 5.75 Å². The van der Waals surface area contributed by atoms with Gasteiger partial charge in [0.25, 0.3) is 0 Å². The number of hydrogen-bond acceptors (Lipinski definition) is 3. The van der Waals surface area contributed by atoms with E-state index in [1.54, 1.807) is 7.11 Å². The molecule has 1 atom stereocenters. The van der Waals surface area contributed by atoms with Gasteiger partial charge >= 0.3 is 0 Å². The van der Waals surface area contributed by atoms with E-state index in [2.05, 4.69) is 17.1 Å². The van der Waals surface area contributed by atoms with Gasteiger partial charge in [0.05, 0.1) is 12.6 Å². The fourth-order valence-electron chi connectivity index (χ4n) is 3.80. The number of likely N-dealkylation sites (tertiary alicyclic amines) is 1. The van der Waals surface area contributed by atoms with Gasteiger partial charge in [-0.25, -0.2) is 0 Å². The van der Waals surface area contributed by atoms with E-state index >= 15 is 0 Å². The smallest absolute Gasteiger partial charge is 0.244 e. The minimum atomic E-state index is -0.361. The summed E-state index contributed by atoms with van der Waals surface area (Å²) in [5.41, 5.74) is 0.445. The van der Waals surface area contributed by atoms with Gasteiger partial charge in [-0.3, -0.25) is 9.69 Å². The Hall–Kier alpha value is -1.55. The summed E-state index contributed by atoms with van der Waals surface area (Å²) >= 11 is 0. The number of ether oxygens (including phenoxy) is 1. The van der Waals surface area contributed by atoms with Crippen molar-refractivity contribution in [2.45, 2.75) is 51.0 Å². The van der Waals surface area contributed by atoms with E-state index in [1.807, 2.05) is 24.3 Å². The first-order valence-corrected chi connectivity index (χ1v) is 8.82. The Balaban J connectivity index is 1.61. The van der Waals surface area contributed by atoms with Crippen molar-refractivity contribution >= 4 is 11.6 Å². The summed E-state index contributed by atoms with van der Waals surface area (Å²) in [6.45, 7) is 4.19. The molecule has 1 heterocycles. The van der Waals surface area contributed by atoms with Crippen molar-refractivity contribution in [3.63, 3.8) is 0 Å². The monoisotopic (exact) mass is 316 g/mol. The molecule has 1 aromatic rings. The third-order valence-electron chi connectivity index (χ3n) is 5.59. The lowest BCUT2D eigenvalue weighted by molar-refractivity contribution is -0.136. The van der Waals surface area contributed by atoms with E-state index in [9.17, 15) is 4.79 Å². The number of nitrogens with zero attached hydrogens (tertiary/aromatic N) is 1. The maximum Gasteiger partial charge on any atom is 0.244 e. The zero-order valence-corrected chi connectivity index (χ0v) is 14.3. The zero-order valence-electron chi connectivity index (χ0n) is 14.3. The molecule has 1 N–H and O–H groups in total. The van der Waals surface area contributed by atoms with Gasteiger partial charge < -0.3 is 10.1 Å². The lowest BCUT2D eigenvalue weighted by Crippen LogP contribution is -2.65. The fourth-order valence-corrected chi connectivity index (χ4v) is 3.80. The predicted molar refractivity (Wildman–Crippen MR) is 92.8 cm³/mol. The molecule has 1 saturated heterocycles. The summed E-state index contributed by atoms with van der Waals surface area (Å²) < 4.78 is 5.22. The first-order chi connectivity index (χ1) is 11.1. The minimum absolute atomic E-state index is 0.104. The highest BCUT2D eigenvalue weighted by Gasteiger charge is 2.47. The Morgan fingerprint density at radius 2 is 2.13 bits per heavy atom. The van der Waals surface area contributed by atoms with Crippen LogP contribution < -0.4 is 10.1 Å². The van der Waals surface area contributed by atoms with Gasteiger partial charge in [-0.05, 0) is 44.2 Å². The molecular weight excluding hydrogens is 288 g/mol. The number of rotatable bonds is 5. The van der Waals surface area contributed by atoms with Gasteiger partial charge in [0.2, 0.25) is 5.91 Å². The summed E-state index contributed by atoms with van der Waals surface area (Å²) in [6.07, 6.45) is 7.67. The Kier molecular flexibility index (Phi) is 4.90. The first-order valence-electron chi connectivity index (χ1n) is 8.82. The molecule has 1 unspecified atom stereocenters. The number of hydrogen-bond donors (Lipinski definition) is 1. The molecule has 0 aromatic heterocycles. The van der Waals surface area contributed by atoms with Crippen LogP contribution in [0.2, 0.25) is 0 Å². The van der Waals surface area contributed by atoms with E-state index in [4.69, 9.17) is 4.74 Å². The molecule has 1 aromatic carbocycles. The molecule has 0 radical (unpaired) electrons. The number of benzene rings is 1. The minimum Gasteiger partial charge on any atom is -0.497 e. The average Bonchev–Trinajstić information content (AvgIpc) is 2.59. The molecule has 0 spiro atoms. The lowest BCUT2D eigenvalue weighted by atomic mass is 9.81. The molecule has 1 saturated carbocycles. The largest absolute Gasteiger partial charge is 0.497 e. The van der Waals surface area contributed by atoms with Crippen LogP contribution in [0.4, 0.5) is 5.69 Å². The van der Waals surface area contributed by atoms with Gasteiger partial charge in [-0.1, -0.05) is 25.3 Å². The molecule has 2 aliphatic rings. The summed E-state index contributed by atoms with van der Waals surface area (Å²) in [7, 11) is 1.64. The van der Waals surface area contributed by atoms with Crippen molar-refractivity contribution in [1.29, 1.82) is 0 Å². The number of methoxy groups -OCH3 is 1. The van der Waals surface area contributed by atoms with Gasteiger partial charge in [0.1, 0.15) is 5.75 Å². The molecule has 0 bridgehead atoms. The first kappa shape index (κ1) is 16.3. The van der Waals surface area contributed by atoms with Crippen LogP contribution in [-0.4, -0.2) is 36.5 Å². The Morgan fingerprint density at radius 3 is 2.78 bits per heavy atom. The number of amides is 1. The van der Waals surface area contributed by atoms with Gasteiger partial charge in [-0.15, -0.1) is 0 Å². The molecule has 1 aliphatic carbocycles. The van der Waals surface area contributed by atoms with Crippen LogP contribution in [0, 0.1) is 5.92 Å². The maximum absolute atomic E-state index is 12.8. The van der Waals surface area contributed by atoms with E-state index in [0.29, 0.717) is 0 Å². The third kappa shape index (κ3) is 3.52. The van der Waals surface area contributed by atoms with Crippen LogP contribution >= 0.6 is 0 Å². The summed E-state index contributed by atoms with van der Waals surface area (Å²) in [6, 6.07) is 7.56. The molecule has 2 fully saturated rings.